The Morgan fingerprint density at radius 3 is 2.76 bits per heavy atom. The molecular formula is C18H24N4O2S. The Morgan fingerprint density at radius 2 is 2.08 bits per heavy atom. The summed E-state index contributed by atoms with van der Waals surface area (Å²) in [5.74, 6) is 0.475. The Hall–Kier alpha value is -2.54. The molecule has 0 saturated carbocycles. The number of nitrogens with one attached hydrogen (secondary N) is 2. The lowest BCUT2D eigenvalue weighted by Crippen LogP contribution is -2.39. The Kier molecular flexibility index (Phi) is 7.28. The molecular weight excluding hydrogens is 336 g/mol. The second kappa shape index (κ2) is 9.68. The first-order valence-corrected chi connectivity index (χ1v) is 9.12. The number of aliphatic imine (C=N–C) groups is 1. The number of aromatic hydroxyl groups is 1. The average Bonchev–Trinajstić information content (AvgIpc) is 3.10. The minimum absolute atomic E-state index is 0.0210. The Bertz CT molecular complexity index is 701. The largest absolute Gasteiger partial charge is 0.507 e. The van der Waals surface area contributed by atoms with Crippen molar-refractivity contribution in [1.29, 1.82) is 0 Å². The number of guanidine groups is 1. The molecule has 6 nitrogen and oxygen atoms in total. The Balaban J connectivity index is 1.86. The number of carbonyl (C=O) groups excluding carboxylic acids is 1. The number of phenolic OH excluding ortho intramolecular Hbond substituents is 1. The van der Waals surface area contributed by atoms with Crippen LogP contribution in [0.5, 0.6) is 5.75 Å². The van der Waals surface area contributed by atoms with Crippen molar-refractivity contribution in [1.82, 2.24) is 15.5 Å². The Labute approximate surface area is 152 Å². The van der Waals surface area contributed by atoms with Crippen LogP contribution < -0.4 is 10.6 Å². The molecule has 0 bridgehead atoms. The number of benzene rings is 1. The molecule has 7 heteroatoms. The predicted octanol–water partition coefficient (Wildman–Crippen LogP) is 2.28. The van der Waals surface area contributed by atoms with Gasteiger partial charge in [0.1, 0.15) is 5.75 Å². The highest BCUT2D eigenvalue weighted by atomic mass is 32.1. The van der Waals surface area contributed by atoms with E-state index in [-0.39, 0.29) is 17.2 Å². The van der Waals surface area contributed by atoms with Gasteiger partial charge < -0.3 is 20.6 Å². The first-order valence-electron chi connectivity index (χ1n) is 8.18. The number of phenols is 1. The third-order valence-electron chi connectivity index (χ3n) is 3.50. The molecule has 0 aliphatic heterocycles. The van der Waals surface area contributed by atoms with Gasteiger partial charge in [-0.2, -0.15) is 11.3 Å². The first kappa shape index (κ1) is 18.8. The zero-order valence-electron chi connectivity index (χ0n) is 14.5. The molecule has 1 heterocycles. The van der Waals surface area contributed by atoms with Gasteiger partial charge in [0.2, 0.25) is 0 Å². The van der Waals surface area contributed by atoms with Crippen LogP contribution in [-0.4, -0.2) is 48.6 Å². The van der Waals surface area contributed by atoms with Crippen molar-refractivity contribution < 1.29 is 9.90 Å². The fourth-order valence-electron chi connectivity index (χ4n) is 2.29. The fourth-order valence-corrected chi connectivity index (χ4v) is 2.95. The van der Waals surface area contributed by atoms with Crippen LogP contribution in [-0.2, 0) is 6.54 Å². The van der Waals surface area contributed by atoms with Gasteiger partial charge in [-0.25, -0.2) is 0 Å². The summed E-state index contributed by atoms with van der Waals surface area (Å²) in [5, 5.41) is 19.9. The summed E-state index contributed by atoms with van der Waals surface area (Å²) in [4.78, 5) is 18.6. The van der Waals surface area contributed by atoms with E-state index in [9.17, 15) is 9.90 Å². The lowest BCUT2D eigenvalue weighted by atomic mass is 10.2. The van der Waals surface area contributed by atoms with E-state index in [2.05, 4.69) is 37.4 Å². The van der Waals surface area contributed by atoms with Crippen LogP contribution in [0.15, 0.2) is 46.1 Å². The predicted molar refractivity (Wildman–Crippen MR) is 102 cm³/mol. The number of amides is 1. The number of nitrogens with zero attached hydrogens (tertiary/aromatic N) is 2. The van der Waals surface area contributed by atoms with Crippen LogP contribution in [0.3, 0.4) is 0 Å². The second-order valence-electron chi connectivity index (χ2n) is 5.50. The summed E-state index contributed by atoms with van der Waals surface area (Å²) >= 11 is 1.68. The van der Waals surface area contributed by atoms with Gasteiger partial charge in [0.15, 0.2) is 5.96 Å². The topological polar surface area (TPSA) is 77.0 Å². The van der Waals surface area contributed by atoms with E-state index in [1.807, 2.05) is 14.0 Å². The van der Waals surface area contributed by atoms with Gasteiger partial charge in [-0.05, 0) is 41.4 Å². The first-order chi connectivity index (χ1) is 12.1. The molecule has 0 atom stereocenters. The van der Waals surface area contributed by atoms with Crippen molar-refractivity contribution in [2.75, 3.05) is 26.7 Å². The maximum absolute atomic E-state index is 12.0. The number of thiophene rings is 1. The lowest BCUT2D eigenvalue weighted by molar-refractivity contribution is 0.0952. The zero-order valence-corrected chi connectivity index (χ0v) is 15.3. The van der Waals surface area contributed by atoms with Crippen molar-refractivity contribution in [2.24, 2.45) is 4.99 Å². The molecule has 2 aromatic rings. The summed E-state index contributed by atoms with van der Waals surface area (Å²) in [5.41, 5.74) is 1.51. The molecule has 0 spiro atoms. The Morgan fingerprint density at radius 1 is 1.28 bits per heavy atom. The second-order valence-corrected chi connectivity index (χ2v) is 6.28. The van der Waals surface area contributed by atoms with Gasteiger partial charge in [-0.3, -0.25) is 9.79 Å². The summed E-state index contributed by atoms with van der Waals surface area (Å²) in [7, 11) is 1.99. The quantitative estimate of drug-likeness (QED) is 0.402. The summed E-state index contributed by atoms with van der Waals surface area (Å²) in [6, 6.07) is 8.58. The fraction of sp³-hybridized carbons (Fsp3) is 0.333. The van der Waals surface area contributed by atoms with Crippen molar-refractivity contribution in [2.45, 2.75) is 13.5 Å². The third kappa shape index (κ3) is 5.79. The summed E-state index contributed by atoms with van der Waals surface area (Å²) < 4.78 is 0. The van der Waals surface area contributed by atoms with Gasteiger partial charge in [0.05, 0.1) is 12.1 Å². The molecule has 0 aliphatic rings. The van der Waals surface area contributed by atoms with Gasteiger partial charge in [0.25, 0.3) is 5.91 Å². The minimum Gasteiger partial charge on any atom is -0.507 e. The smallest absolute Gasteiger partial charge is 0.255 e. The molecule has 1 aromatic carbocycles. The summed E-state index contributed by atoms with van der Waals surface area (Å²) in [6.07, 6.45) is 0. The van der Waals surface area contributed by atoms with Crippen LogP contribution in [0.2, 0.25) is 0 Å². The van der Waals surface area contributed by atoms with E-state index in [1.54, 1.807) is 29.5 Å². The monoisotopic (exact) mass is 360 g/mol. The van der Waals surface area contributed by atoms with Gasteiger partial charge >= 0.3 is 0 Å². The average molecular weight is 360 g/mol. The molecule has 0 saturated heterocycles. The molecule has 0 fully saturated rings. The van der Waals surface area contributed by atoms with E-state index in [4.69, 9.17) is 0 Å². The number of rotatable bonds is 7. The van der Waals surface area contributed by atoms with E-state index >= 15 is 0 Å². The van der Waals surface area contributed by atoms with Crippen LogP contribution >= 0.6 is 11.3 Å². The maximum Gasteiger partial charge on any atom is 0.255 e. The normalized spacial score (nSPS) is 11.2. The van der Waals surface area contributed by atoms with Crippen molar-refractivity contribution in [3.8, 4) is 5.75 Å². The molecule has 134 valence electrons. The van der Waals surface area contributed by atoms with Gasteiger partial charge in [-0.1, -0.05) is 12.1 Å². The highest BCUT2D eigenvalue weighted by Gasteiger charge is 2.10. The minimum atomic E-state index is -0.301. The summed E-state index contributed by atoms with van der Waals surface area (Å²) in [6.45, 7) is 4.43. The highest BCUT2D eigenvalue weighted by Crippen LogP contribution is 2.14. The van der Waals surface area contributed by atoms with Gasteiger partial charge in [0, 0.05) is 26.7 Å². The molecule has 2 rings (SSSR count). The van der Waals surface area contributed by atoms with Crippen molar-refractivity contribution in [3.05, 3.63) is 52.2 Å². The van der Waals surface area contributed by atoms with E-state index in [0.29, 0.717) is 13.1 Å². The SMILES string of the molecule is CCNC(=NCCNC(=O)c1ccccc1O)N(C)Cc1ccsc1. The molecule has 0 unspecified atom stereocenters. The standard InChI is InChI=1S/C18H24N4O2S/c1-3-19-18(22(2)12-14-8-11-25-13-14)21-10-9-20-17(24)15-6-4-5-7-16(15)23/h4-8,11,13,23H,3,9-10,12H2,1-2H3,(H,19,21)(H,20,24). The molecule has 3 N–H and O–H groups in total. The van der Waals surface area contributed by atoms with Crippen LogP contribution in [0.1, 0.15) is 22.8 Å². The molecule has 1 aromatic heterocycles. The maximum atomic E-state index is 12.0. The number of para-hydroxylation sites is 1. The zero-order chi connectivity index (χ0) is 18.1. The molecule has 25 heavy (non-hydrogen) atoms. The van der Waals surface area contributed by atoms with E-state index < -0.39 is 0 Å². The number of hydrogen-bond donors (Lipinski definition) is 3. The van der Waals surface area contributed by atoms with E-state index in [1.165, 1.54) is 11.6 Å². The third-order valence-corrected chi connectivity index (χ3v) is 4.24. The number of carbonyl (C=O) groups is 1. The van der Waals surface area contributed by atoms with Crippen LogP contribution in [0.4, 0.5) is 0 Å². The number of hydrogen-bond acceptors (Lipinski definition) is 4. The lowest BCUT2D eigenvalue weighted by Gasteiger charge is -2.21. The van der Waals surface area contributed by atoms with Gasteiger partial charge in [-0.15, -0.1) is 0 Å². The van der Waals surface area contributed by atoms with Crippen molar-refractivity contribution >= 4 is 23.2 Å². The van der Waals surface area contributed by atoms with Crippen molar-refractivity contribution in [3.63, 3.8) is 0 Å². The van der Waals surface area contributed by atoms with E-state index in [0.717, 1.165) is 19.0 Å². The molecule has 1 amide bonds. The molecule has 0 aliphatic carbocycles. The van der Waals surface area contributed by atoms with Crippen LogP contribution in [0.25, 0.3) is 0 Å². The van der Waals surface area contributed by atoms with Crippen LogP contribution in [0, 0.1) is 0 Å². The highest BCUT2D eigenvalue weighted by molar-refractivity contribution is 7.07. The molecule has 0 radical (unpaired) electrons.